The van der Waals surface area contributed by atoms with E-state index in [1.165, 1.54) is 31.7 Å². The summed E-state index contributed by atoms with van der Waals surface area (Å²) in [5.41, 5.74) is 1.92. The van der Waals surface area contributed by atoms with Gasteiger partial charge in [-0.05, 0) is 43.9 Å². The summed E-state index contributed by atoms with van der Waals surface area (Å²) >= 11 is 0. The highest BCUT2D eigenvalue weighted by molar-refractivity contribution is 5.80. The molecule has 2 fully saturated rings. The lowest BCUT2D eigenvalue weighted by Gasteiger charge is -2.33. The van der Waals surface area contributed by atoms with Gasteiger partial charge in [0.25, 0.3) is 0 Å². The van der Waals surface area contributed by atoms with Crippen molar-refractivity contribution < 1.29 is 9.13 Å². The van der Waals surface area contributed by atoms with Crippen LogP contribution < -0.4 is 5.32 Å². The zero-order chi connectivity index (χ0) is 14.2. The number of H-pyrrole nitrogens is 1. The first kappa shape index (κ1) is 13.3. The van der Waals surface area contributed by atoms with Gasteiger partial charge in [-0.15, -0.1) is 0 Å². The van der Waals surface area contributed by atoms with Crippen LogP contribution >= 0.6 is 0 Å². The molecular weight excluding hydrogens is 267 g/mol. The van der Waals surface area contributed by atoms with E-state index in [-0.39, 0.29) is 5.82 Å². The first-order valence-corrected chi connectivity index (χ1v) is 7.92. The molecule has 1 aliphatic carbocycles. The second-order valence-electron chi connectivity index (χ2n) is 6.28. The number of fused-ring (bicyclic) bond motifs is 2. The number of aromatic amines is 1. The highest BCUT2D eigenvalue weighted by Crippen LogP contribution is 2.34. The Kier molecular flexibility index (Phi) is 3.43. The van der Waals surface area contributed by atoms with Crippen LogP contribution in [0.2, 0.25) is 0 Å². The van der Waals surface area contributed by atoms with Crippen LogP contribution in [0.4, 0.5) is 4.39 Å². The minimum atomic E-state index is -0.156. The molecule has 21 heavy (non-hydrogen) atoms. The molecule has 3 nitrogen and oxygen atoms in total. The monoisotopic (exact) mass is 288 g/mol. The fraction of sp³-hybridized carbons (Fsp3) is 0.529. The maximum Gasteiger partial charge on any atom is 0.132 e. The largest absolute Gasteiger partial charge is 0.378 e. The molecule has 4 rings (SSSR count). The highest BCUT2D eigenvalue weighted by Gasteiger charge is 2.37. The van der Waals surface area contributed by atoms with E-state index in [1.54, 1.807) is 6.07 Å². The van der Waals surface area contributed by atoms with Crippen molar-refractivity contribution in [3.63, 3.8) is 0 Å². The molecule has 1 aliphatic heterocycles. The first-order chi connectivity index (χ1) is 10.3. The number of ether oxygens (including phenoxy) is 1. The van der Waals surface area contributed by atoms with Gasteiger partial charge in [0.2, 0.25) is 0 Å². The number of hydrogen-bond acceptors (Lipinski definition) is 2. The van der Waals surface area contributed by atoms with Gasteiger partial charge in [0.05, 0.1) is 6.10 Å². The molecule has 2 N–H and O–H groups in total. The summed E-state index contributed by atoms with van der Waals surface area (Å²) in [6.45, 7) is 1.67. The van der Waals surface area contributed by atoms with E-state index in [9.17, 15) is 4.39 Å². The molecule has 0 bridgehead atoms. The van der Waals surface area contributed by atoms with Crippen molar-refractivity contribution in [2.75, 3.05) is 6.61 Å². The zero-order valence-electron chi connectivity index (χ0n) is 12.1. The van der Waals surface area contributed by atoms with Crippen molar-refractivity contribution in [1.82, 2.24) is 10.3 Å². The Labute approximate surface area is 123 Å². The minimum Gasteiger partial charge on any atom is -0.378 e. The molecule has 2 aromatic rings. The van der Waals surface area contributed by atoms with E-state index in [0.29, 0.717) is 23.4 Å². The minimum absolute atomic E-state index is 0.156. The predicted molar refractivity (Wildman–Crippen MR) is 80.6 cm³/mol. The topological polar surface area (TPSA) is 37.0 Å². The maximum absolute atomic E-state index is 13.7. The van der Waals surface area contributed by atoms with Gasteiger partial charge in [0.1, 0.15) is 5.82 Å². The molecule has 1 saturated heterocycles. The number of rotatable bonds is 3. The summed E-state index contributed by atoms with van der Waals surface area (Å²) in [6.07, 6.45) is 5.29. The van der Waals surface area contributed by atoms with Crippen LogP contribution in [0.15, 0.2) is 24.3 Å². The molecule has 0 amide bonds. The van der Waals surface area contributed by atoms with Crippen molar-refractivity contribution in [1.29, 1.82) is 0 Å². The van der Waals surface area contributed by atoms with Gasteiger partial charge in [0, 0.05) is 41.7 Å². The third-order valence-electron chi connectivity index (χ3n) is 5.00. The molecule has 112 valence electrons. The maximum atomic E-state index is 13.7. The van der Waals surface area contributed by atoms with Crippen LogP contribution in [-0.2, 0) is 11.3 Å². The molecule has 1 saturated carbocycles. The lowest BCUT2D eigenvalue weighted by atomic mass is 9.82. The summed E-state index contributed by atoms with van der Waals surface area (Å²) < 4.78 is 19.5. The van der Waals surface area contributed by atoms with Crippen LogP contribution in [0.5, 0.6) is 0 Å². The Morgan fingerprint density at radius 1 is 1.29 bits per heavy atom. The highest BCUT2D eigenvalue weighted by atomic mass is 19.1. The zero-order valence-corrected chi connectivity index (χ0v) is 12.1. The molecule has 1 aromatic heterocycles. The smallest absolute Gasteiger partial charge is 0.132 e. The fourth-order valence-electron chi connectivity index (χ4n) is 3.94. The molecule has 3 atom stereocenters. The van der Waals surface area contributed by atoms with Gasteiger partial charge < -0.3 is 15.0 Å². The molecule has 2 aliphatic rings. The summed E-state index contributed by atoms with van der Waals surface area (Å²) in [4.78, 5) is 3.30. The molecule has 2 heterocycles. The Balaban J connectivity index is 1.46. The van der Waals surface area contributed by atoms with Gasteiger partial charge in [-0.1, -0.05) is 6.07 Å². The van der Waals surface area contributed by atoms with E-state index in [0.717, 1.165) is 24.4 Å². The Hall–Kier alpha value is -1.39. The molecule has 4 heteroatoms. The molecular formula is C17H21FN2O. The standard InChI is InChI=1S/C17H21FN2O/c18-14-3-1-5-16-13(14)9-11(20-16)10-19-15-4-2-6-17-12(15)7-8-21-17/h1,3,5,9,12,15,17,19-20H,2,4,6-8,10H2. The molecule has 1 aromatic carbocycles. The van der Waals surface area contributed by atoms with Gasteiger partial charge >= 0.3 is 0 Å². The Bertz CT molecular complexity index is 639. The quantitative estimate of drug-likeness (QED) is 0.908. The Morgan fingerprint density at radius 2 is 2.24 bits per heavy atom. The van der Waals surface area contributed by atoms with E-state index < -0.39 is 0 Å². The second-order valence-corrected chi connectivity index (χ2v) is 6.28. The fourth-order valence-corrected chi connectivity index (χ4v) is 3.94. The van der Waals surface area contributed by atoms with Crippen LogP contribution in [0, 0.1) is 11.7 Å². The van der Waals surface area contributed by atoms with E-state index in [4.69, 9.17) is 4.74 Å². The number of aromatic nitrogens is 1. The SMILES string of the molecule is Fc1cccc2[nH]c(CNC3CCCC4OCCC34)cc12. The van der Waals surface area contributed by atoms with Gasteiger partial charge in [-0.3, -0.25) is 0 Å². The third kappa shape index (κ3) is 2.47. The number of nitrogens with one attached hydrogen (secondary N) is 2. The molecule has 0 radical (unpaired) electrons. The van der Waals surface area contributed by atoms with Crippen LogP contribution in [0.1, 0.15) is 31.4 Å². The van der Waals surface area contributed by atoms with Gasteiger partial charge in [0.15, 0.2) is 0 Å². The number of halogens is 1. The van der Waals surface area contributed by atoms with Crippen molar-refractivity contribution in [2.24, 2.45) is 5.92 Å². The number of benzene rings is 1. The Morgan fingerprint density at radius 3 is 3.14 bits per heavy atom. The number of hydrogen-bond donors (Lipinski definition) is 2. The summed E-state index contributed by atoms with van der Waals surface area (Å²) in [6, 6.07) is 7.62. The van der Waals surface area contributed by atoms with Gasteiger partial charge in [-0.2, -0.15) is 0 Å². The lowest BCUT2D eigenvalue weighted by Crippen LogP contribution is -2.42. The van der Waals surface area contributed by atoms with E-state index in [2.05, 4.69) is 10.3 Å². The van der Waals surface area contributed by atoms with E-state index in [1.807, 2.05) is 12.1 Å². The van der Waals surface area contributed by atoms with Gasteiger partial charge in [-0.25, -0.2) is 4.39 Å². The van der Waals surface area contributed by atoms with E-state index >= 15 is 0 Å². The van der Waals surface area contributed by atoms with Crippen molar-refractivity contribution in [3.05, 3.63) is 35.8 Å². The summed E-state index contributed by atoms with van der Waals surface area (Å²) in [5, 5.41) is 4.34. The van der Waals surface area contributed by atoms with Crippen molar-refractivity contribution in [3.8, 4) is 0 Å². The summed E-state index contributed by atoms with van der Waals surface area (Å²) in [5.74, 6) is 0.497. The summed E-state index contributed by atoms with van der Waals surface area (Å²) in [7, 11) is 0. The van der Waals surface area contributed by atoms with Crippen molar-refractivity contribution >= 4 is 10.9 Å². The lowest BCUT2D eigenvalue weighted by molar-refractivity contribution is 0.0529. The molecule has 3 unspecified atom stereocenters. The first-order valence-electron chi connectivity index (χ1n) is 7.92. The average molecular weight is 288 g/mol. The van der Waals surface area contributed by atoms with Crippen LogP contribution in [-0.4, -0.2) is 23.7 Å². The predicted octanol–water partition coefficient (Wildman–Crippen LogP) is 3.35. The van der Waals surface area contributed by atoms with Crippen molar-refractivity contribution in [2.45, 2.75) is 44.4 Å². The second kappa shape index (κ2) is 5.43. The average Bonchev–Trinajstić information content (AvgIpc) is 3.12. The van der Waals surface area contributed by atoms with Crippen LogP contribution in [0.3, 0.4) is 0 Å². The normalized spacial score (nSPS) is 28.9. The molecule has 0 spiro atoms. The van der Waals surface area contributed by atoms with Crippen LogP contribution in [0.25, 0.3) is 10.9 Å². The third-order valence-corrected chi connectivity index (χ3v) is 5.00.